The van der Waals surface area contributed by atoms with Gasteiger partial charge in [0.1, 0.15) is 6.61 Å². The lowest BCUT2D eigenvalue weighted by molar-refractivity contribution is -0.138. The number of carbonyl (C=O) groups excluding carboxylic acids is 2. The Hall–Kier alpha value is -3.16. The van der Waals surface area contributed by atoms with Crippen LogP contribution < -0.4 is 9.80 Å². The van der Waals surface area contributed by atoms with Gasteiger partial charge in [-0.25, -0.2) is 4.79 Å². The van der Waals surface area contributed by atoms with Crippen LogP contribution in [-0.4, -0.2) is 42.0 Å². The highest BCUT2D eigenvalue weighted by atomic mass is 16.6. The van der Waals surface area contributed by atoms with E-state index in [1.165, 1.54) is 9.80 Å². The van der Waals surface area contributed by atoms with Crippen molar-refractivity contribution >= 4 is 29.1 Å². The maximum atomic E-state index is 13.5. The number of cyclic esters (lactones) is 1. The molecule has 0 aliphatic carbocycles. The average Bonchev–Trinajstić information content (AvgIpc) is 3.28. The molecular weight excluding hydrogens is 384 g/mol. The minimum absolute atomic E-state index is 0.0104. The largest absolute Gasteiger partial charge is 0.447 e. The third kappa shape index (κ3) is 3.16. The van der Waals surface area contributed by atoms with Crippen molar-refractivity contribution in [3.05, 3.63) is 66.2 Å². The van der Waals surface area contributed by atoms with Crippen LogP contribution in [0.2, 0.25) is 0 Å². The lowest BCUT2D eigenvalue weighted by atomic mass is 9.82. The fourth-order valence-electron chi connectivity index (χ4n) is 4.00. The number of fused-ring (bicyclic) bond motifs is 1. The zero-order valence-corrected chi connectivity index (χ0v) is 16.7. The number of aliphatic hydroxyl groups excluding tert-OH is 1. The molecule has 0 bridgehead atoms. The number of ether oxygens (including phenoxy) is 1. The number of anilines is 3. The molecule has 2 atom stereocenters. The first-order valence-corrected chi connectivity index (χ1v) is 9.96. The number of hydrogen-bond donors (Lipinski definition) is 2. The summed E-state index contributed by atoms with van der Waals surface area (Å²) in [6.07, 6.45) is 3.48. The SMILES string of the molecule is C[C@@H](/C=C/CCO)[C@]1(O)C(=O)N(c2ccccc2)c2ccc(N3CCOC3=O)cc21. The highest BCUT2D eigenvalue weighted by Gasteiger charge is 2.53. The summed E-state index contributed by atoms with van der Waals surface area (Å²) in [5.41, 5.74) is 0.433. The molecule has 2 amide bonds. The minimum Gasteiger partial charge on any atom is -0.447 e. The Morgan fingerprint density at radius 3 is 2.60 bits per heavy atom. The van der Waals surface area contributed by atoms with Crippen molar-refractivity contribution in [1.29, 1.82) is 0 Å². The minimum atomic E-state index is -1.81. The Balaban J connectivity index is 1.83. The van der Waals surface area contributed by atoms with Crippen LogP contribution in [0, 0.1) is 5.92 Å². The van der Waals surface area contributed by atoms with Gasteiger partial charge in [-0.05, 0) is 36.8 Å². The molecule has 30 heavy (non-hydrogen) atoms. The van der Waals surface area contributed by atoms with Crippen molar-refractivity contribution < 1.29 is 24.5 Å². The third-order valence-electron chi connectivity index (χ3n) is 5.63. The van der Waals surface area contributed by atoms with E-state index >= 15 is 0 Å². The molecule has 2 aromatic rings. The van der Waals surface area contributed by atoms with Crippen LogP contribution in [0.1, 0.15) is 18.9 Å². The van der Waals surface area contributed by atoms with Gasteiger partial charge in [0.15, 0.2) is 5.60 Å². The van der Waals surface area contributed by atoms with Crippen LogP contribution in [0.4, 0.5) is 21.9 Å². The molecule has 2 aliphatic rings. The molecule has 2 N–H and O–H groups in total. The summed E-state index contributed by atoms with van der Waals surface area (Å²) in [6, 6.07) is 14.4. The first-order chi connectivity index (χ1) is 14.5. The summed E-state index contributed by atoms with van der Waals surface area (Å²) in [4.78, 5) is 28.6. The predicted molar refractivity (Wildman–Crippen MR) is 113 cm³/mol. The van der Waals surface area contributed by atoms with Gasteiger partial charge in [-0.3, -0.25) is 14.6 Å². The number of aliphatic hydroxyl groups is 2. The van der Waals surface area contributed by atoms with E-state index in [0.29, 0.717) is 42.2 Å². The van der Waals surface area contributed by atoms with Gasteiger partial charge in [0.05, 0.1) is 12.2 Å². The van der Waals surface area contributed by atoms with Crippen LogP contribution in [0.3, 0.4) is 0 Å². The molecule has 156 valence electrons. The quantitative estimate of drug-likeness (QED) is 0.717. The molecular formula is C23H24N2O5. The third-order valence-corrected chi connectivity index (χ3v) is 5.63. The topological polar surface area (TPSA) is 90.3 Å². The molecule has 2 aromatic carbocycles. The van der Waals surface area contributed by atoms with E-state index in [-0.39, 0.29) is 6.61 Å². The molecule has 0 radical (unpaired) electrons. The lowest BCUT2D eigenvalue weighted by Crippen LogP contribution is -2.42. The molecule has 7 heteroatoms. The Morgan fingerprint density at radius 1 is 1.17 bits per heavy atom. The van der Waals surface area contributed by atoms with E-state index < -0.39 is 23.5 Å². The fourth-order valence-corrected chi connectivity index (χ4v) is 4.00. The van der Waals surface area contributed by atoms with Crippen LogP contribution in [0.15, 0.2) is 60.7 Å². The number of nitrogens with zero attached hydrogens (tertiary/aromatic N) is 2. The number of hydrogen-bond acceptors (Lipinski definition) is 5. The van der Waals surface area contributed by atoms with Crippen molar-refractivity contribution in [3.8, 4) is 0 Å². The average molecular weight is 408 g/mol. The molecule has 2 aliphatic heterocycles. The summed E-state index contributed by atoms with van der Waals surface area (Å²) in [5, 5.41) is 20.8. The standard InChI is InChI=1S/C23H24N2O5/c1-16(7-5-6-13-26)23(29)19-15-18(24-12-14-30-22(24)28)10-11-20(19)25(21(23)27)17-8-3-2-4-9-17/h2-5,7-11,15-16,26,29H,6,12-14H2,1H3/b7-5+/t16-,23+/m0/s1. The highest BCUT2D eigenvalue weighted by Crippen LogP contribution is 2.49. The van der Waals surface area contributed by atoms with Crippen LogP contribution in [0.25, 0.3) is 0 Å². The summed E-state index contributed by atoms with van der Waals surface area (Å²) >= 11 is 0. The molecule has 1 saturated heterocycles. The van der Waals surface area contributed by atoms with Crippen molar-refractivity contribution in [1.82, 2.24) is 0 Å². The number of rotatable bonds is 6. The van der Waals surface area contributed by atoms with Gasteiger partial charge in [-0.2, -0.15) is 0 Å². The highest BCUT2D eigenvalue weighted by molar-refractivity contribution is 6.12. The summed E-state index contributed by atoms with van der Waals surface area (Å²) < 4.78 is 5.03. The van der Waals surface area contributed by atoms with Crippen molar-refractivity contribution in [2.75, 3.05) is 29.6 Å². The maximum absolute atomic E-state index is 13.5. The Labute approximate surface area is 174 Å². The van der Waals surface area contributed by atoms with Gasteiger partial charge < -0.3 is 14.9 Å². The van der Waals surface area contributed by atoms with Crippen molar-refractivity contribution in [2.24, 2.45) is 5.92 Å². The fraction of sp³-hybridized carbons (Fsp3) is 0.304. The second-order valence-electron chi connectivity index (χ2n) is 7.44. The lowest BCUT2D eigenvalue weighted by Gasteiger charge is -2.28. The van der Waals surface area contributed by atoms with Gasteiger partial charge >= 0.3 is 6.09 Å². The van der Waals surface area contributed by atoms with Gasteiger partial charge in [-0.15, -0.1) is 0 Å². The predicted octanol–water partition coefficient (Wildman–Crippen LogP) is 3.08. The normalized spacial score (nSPS) is 22.0. The van der Waals surface area contributed by atoms with E-state index in [1.807, 2.05) is 30.3 Å². The van der Waals surface area contributed by atoms with Gasteiger partial charge in [0, 0.05) is 29.5 Å². The molecule has 0 spiro atoms. The van der Waals surface area contributed by atoms with E-state index in [4.69, 9.17) is 9.84 Å². The van der Waals surface area contributed by atoms with Crippen molar-refractivity contribution in [3.63, 3.8) is 0 Å². The zero-order valence-electron chi connectivity index (χ0n) is 16.7. The summed E-state index contributed by atoms with van der Waals surface area (Å²) in [6.45, 7) is 2.47. The molecule has 2 heterocycles. The Morgan fingerprint density at radius 2 is 1.93 bits per heavy atom. The molecule has 4 rings (SSSR count). The first-order valence-electron chi connectivity index (χ1n) is 9.96. The van der Waals surface area contributed by atoms with Crippen LogP contribution in [-0.2, 0) is 15.1 Å². The van der Waals surface area contributed by atoms with Crippen LogP contribution in [0.5, 0.6) is 0 Å². The zero-order chi connectivity index (χ0) is 21.3. The number of amides is 2. The number of benzene rings is 2. The second kappa shape index (κ2) is 7.93. The molecule has 0 saturated carbocycles. The molecule has 0 unspecified atom stereocenters. The van der Waals surface area contributed by atoms with E-state index in [2.05, 4.69) is 0 Å². The summed E-state index contributed by atoms with van der Waals surface area (Å²) in [5.74, 6) is -1.00. The van der Waals surface area contributed by atoms with Crippen LogP contribution >= 0.6 is 0 Å². The summed E-state index contributed by atoms with van der Waals surface area (Å²) in [7, 11) is 0. The van der Waals surface area contributed by atoms with Gasteiger partial charge in [-0.1, -0.05) is 37.3 Å². The van der Waals surface area contributed by atoms with E-state index in [9.17, 15) is 14.7 Å². The maximum Gasteiger partial charge on any atom is 0.414 e. The van der Waals surface area contributed by atoms with E-state index in [1.54, 1.807) is 37.3 Å². The molecule has 1 fully saturated rings. The second-order valence-corrected chi connectivity index (χ2v) is 7.44. The Bertz CT molecular complexity index is 990. The van der Waals surface area contributed by atoms with Crippen molar-refractivity contribution in [2.45, 2.75) is 18.9 Å². The van der Waals surface area contributed by atoms with E-state index in [0.717, 1.165) is 0 Å². The first kappa shape index (κ1) is 20.1. The monoisotopic (exact) mass is 408 g/mol. The molecule has 7 nitrogen and oxygen atoms in total. The number of carbonyl (C=O) groups is 2. The van der Waals surface area contributed by atoms with Gasteiger partial charge in [0.25, 0.3) is 5.91 Å². The smallest absolute Gasteiger partial charge is 0.414 e. The van der Waals surface area contributed by atoms with Gasteiger partial charge in [0.2, 0.25) is 0 Å². The molecule has 0 aromatic heterocycles. The Kier molecular flexibility index (Phi) is 5.32. The number of para-hydroxylation sites is 1.